The van der Waals surface area contributed by atoms with E-state index in [1.54, 1.807) is 23.1 Å². The van der Waals surface area contributed by atoms with Gasteiger partial charge in [-0.25, -0.2) is 9.78 Å². The monoisotopic (exact) mass is 477 g/mol. The number of para-hydroxylation sites is 2. The van der Waals surface area contributed by atoms with Gasteiger partial charge >= 0.3 is 6.09 Å². The fourth-order valence-electron chi connectivity index (χ4n) is 3.84. The van der Waals surface area contributed by atoms with Gasteiger partial charge in [0.2, 0.25) is 5.91 Å². The summed E-state index contributed by atoms with van der Waals surface area (Å²) in [5.41, 5.74) is 2.15. The highest BCUT2D eigenvalue weighted by atomic mass is 16.6. The molecule has 35 heavy (non-hydrogen) atoms. The zero-order chi connectivity index (χ0) is 24.6. The molecule has 0 aliphatic carbocycles. The molecule has 0 spiro atoms. The molecule has 2 N–H and O–H groups in total. The summed E-state index contributed by atoms with van der Waals surface area (Å²) in [6.07, 6.45) is 1.45. The number of hydrogen-bond donors (Lipinski definition) is 2. The second kappa shape index (κ2) is 11.4. The first-order chi connectivity index (χ1) is 17.0. The first-order valence-electron chi connectivity index (χ1n) is 11.4. The molecular formula is C25H27N5O5. The van der Waals surface area contributed by atoms with Gasteiger partial charge in [-0.05, 0) is 24.1 Å². The molecule has 0 saturated carbocycles. The minimum Gasteiger partial charge on any atom is -0.445 e. The van der Waals surface area contributed by atoms with Crippen molar-refractivity contribution >= 4 is 28.9 Å². The first-order valence-corrected chi connectivity index (χ1v) is 11.4. The number of nitrogens with zero attached hydrogens (tertiary/aromatic N) is 4. The number of nitrogens with one attached hydrogen (secondary N) is 1. The van der Waals surface area contributed by atoms with Crippen molar-refractivity contribution < 1.29 is 24.2 Å². The lowest BCUT2D eigenvalue weighted by Gasteiger charge is -2.26. The van der Waals surface area contributed by atoms with E-state index in [0.29, 0.717) is 37.1 Å². The van der Waals surface area contributed by atoms with Crippen LogP contribution in [0.3, 0.4) is 0 Å². The summed E-state index contributed by atoms with van der Waals surface area (Å²) < 4.78 is 5.39. The summed E-state index contributed by atoms with van der Waals surface area (Å²) in [5.74, 6) is -1.02. The van der Waals surface area contributed by atoms with Gasteiger partial charge in [-0.15, -0.1) is 0 Å². The molecule has 1 aliphatic rings. The molecule has 3 aromatic rings. The van der Waals surface area contributed by atoms with Crippen molar-refractivity contribution in [3.8, 4) is 0 Å². The van der Waals surface area contributed by atoms with E-state index in [1.807, 2.05) is 36.4 Å². The van der Waals surface area contributed by atoms with Crippen LogP contribution >= 0.6 is 0 Å². The van der Waals surface area contributed by atoms with E-state index in [9.17, 15) is 19.5 Å². The van der Waals surface area contributed by atoms with Gasteiger partial charge in [-0.1, -0.05) is 42.5 Å². The van der Waals surface area contributed by atoms with Crippen molar-refractivity contribution in [2.45, 2.75) is 19.1 Å². The highest BCUT2D eigenvalue weighted by Crippen LogP contribution is 2.11. The number of rotatable bonds is 6. The standard InChI is InChI=1S/C25H27N5O5/c31-16-22(28-23(32)21-15-26-19-9-4-5-10-20(19)27-21)24(33)29-11-6-12-30(14-13-29)25(34)35-17-18-7-2-1-3-8-18/h1-5,7-10,15,22,31H,6,11-14,16-17H2,(H,28,32)/t22-/m0/s1. The molecule has 1 atom stereocenters. The summed E-state index contributed by atoms with van der Waals surface area (Å²) in [7, 11) is 0. The van der Waals surface area contributed by atoms with E-state index >= 15 is 0 Å². The summed E-state index contributed by atoms with van der Waals surface area (Å²) >= 11 is 0. The maximum absolute atomic E-state index is 13.0. The summed E-state index contributed by atoms with van der Waals surface area (Å²) in [5, 5.41) is 12.4. The molecular weight excluding hydrogens is 450 g/mol. The van der Waals surface area contributed by atoms with Crippen molar-refractivity contribution in [2.24, 2.45) is 0 Å². The smallest absolute Gasteiger partial charge is 0.410 e. The van der Waals surface area contributed by atoms with E-state index in [-0.39, 0.29) is 18.8 Å². The van der Waals surface area contributed by atoms with E-state index in [4.69, 9.17) is 4.74 Å². The fourth-order valence-corrected chi connectivity index (χ4v) is 3.84. The van der Waals surface area contributed by atoms with Crippen molar-refractivity contribution in [1.82, 2.24) is 25.1 Å². The average Bonchev–Trinajstić information content (AvgIpc) is 3.16. The Morgan fingerprint density at radius 1 is 0.943 bits per heavy atom. The maximum Gasteiger partial charge on any atom is 0.410 e. The number of aliphatic hydroxyl groups is 1. The van der Waals surface area contributed by atoms with Gasteiger partial charge in [0.05, 0.1) is 23.8 Å². The Morgan fingerprint density at radius 3 is 2.40 bits per heavy atom. The molecule has 1 aromatic heterocycles. The minimum atomic E-state index is -1.13. The van der Waals surface area contributed by atoms with Crippen LogP contribution in [0.2, 0.25) is 0 Å². The number of ether oxygens (including phenoxy) is 1. The number of amides is 3. The number of benzene rings is 2. The van der Waals surface area contributed by atoms with Gasteiger partial charge in [0.25, 0.3) is 5.91 Å². The number of aliphatic hydroxyl groups excluding tert-OH is 1. The first kappa shape index (κ1) is 24.1. The molecule has 2 heterocycles. The maximum atomic E-state index is 13.0. The molecule has 10 heteroatoms. The Hall–Kier alpha value is -4.05. The van der Waals surface area contributed by atoms with Gasteiger partial charge in [0.1, 0.15) is 18.3 Å². The third-order valence-electron chi connectivity index (χ3n) is 5.74. The van der Waals surface area contributed by atoms with E-state index in [0.717, 1.165) is 5.56 Å². The summed E-state index contributed by atoms with van der Waals surface area (Å²) in [4.78, 5) is 49.8. The molecule has 4 rings (SSSR count). The molecule has 1 fully saturated rings. The van der Waals surface area contributed by atoms with Crippen LogP contribution in [0.5, 0.6) is 0 Å². The third-order valence-corrected chi connectivity index (χ3v) is 5.74. The van der Waals surface area contributed by atoms with Crippen molar-refractivity contribution in [1.29, 1.82) is 0 Å². The molecule has 1 saturated heterocycles. The van der Waals surface area contributed by atoms with Crippen LogP contribution in [0.25, 0.3) is 11.0 Å². The Kier molecular flexibility index (Phi) is 7.84. The third kappa shape index (κ3) is 6.10. The number of carbonyl (C=O) groups excluding carboxylic acids is 3. The predicted octanol–water partition coefficient (Wildman–Crippen LogP) is 1.59. The van der Waals surface area contributed by atoms with Gasteiger partial charge < -0.3 is 25.0 Å². The number of aromatic nitrogens is 2. The van der Waals surface area contributed by atoms with Gasteiger partial charge in [0.15, 0.2) is 0 Å². The molecule has 2 aromatic carbocycles. The van der Waals surface area contributed by atoms with Crippen LogP contribution in [0.15, 0.2) is 60.8 Å². The Labute approximate surface area is 202 Å². The normalized spacial score (nSPS) is 14.8. The van der Waals surface area contributed by atoms with Crippen LogP contribution in [0.4, 0.5) is 4.79 Å². The average molecular weight is 478 g/mol. The number of hydrogen-bond acceptors (Lipinski definition) is 7. The van der Waals surface area contributed by atoms with E-state index < -0.39 is 30.6 Å². The largest absolute Gasteiger partial charge is 0.445 e. The Bertz CT molecular complexity index is 1190. The van der Waals surface area contributed by atoms with Crippen LogP contribution in [0.1, 0.15) is 22.5 Å². The van der Waals surface area contributed by atoms with Gasteiger partial charge in [0, 0.05) is 26.2 Å². The van der Waals surface area contributed by atoms with Crippen molar-refractivity contribution in [3.05, 3.63) is 72.1 Å². The molecule has 3 amide bonds. The zero-order valence-electron chi connectivity index (χ0n) is 19.2. The van der Waals surface area contributed by atoms with Gasteiger partial charge in [-0.2, -0.15) is 0 Å². The van der Waals surface area contributed by atoms with Crippen LogP contribution in [-0.4, -0.2) is 81.6 Å². The van der Waals surface area contributed by atoms with Crippen LogP contribution < -0.4 is 5.32 Å². The summed E-state index contributed by atoms with van der Waals surface area (Å²) in [6.45, 7) is 1.01. The molecule has 0 bridgehead atoms. The molecule has 0 unspecified atom stereocenters. The Morgan fingerprint density at radius 2 is 1.63 bits per heavy atom. The quantitative estimate of drug-likeness (QED) is 0.552. The fraction of sp³-hybridized carbons (Fsp3) is 0.320. The second-order valence-electron chi connectivity index (χ2n) is 8.16. The minimum absolute atomic E-state index is 0.0538. The Balaban J connectivity index is 1.32. The van der Waals surface area contributed by atoms with Crippen LogP contribution in [-0.2, 0) is 16.1 Å². The highest BCUT2D eigenvalue weighted by Gasteiger charge is 2.29. The van der Waals surface area contributed by atoms with E-state index in [2.05, 4.69) is 15.3 Å². The topological polar surface area (TPSA) is 125 Å². The van der Waals surface area contributed by atoms with Crippen molar-refractivity contribution in [2.75, 3.05) is 32.8 Å². The molecule has 182 valence electrons. The van der Waals surface area contributed by atoms with Crippen LogP contribution in [0, 0.1) is 0 Å². The molecule has 10 nitrogen and oxygen atoms in total. The lowest BCUT2D eigenvalue weighted by molar-refractivity contribution is -0.134. The second-order valence-corrected chi connectivity index (χ2v) is 8.16. The predicted molar refractivity (Wildman–Crippen MR) is 127 cm³/mol. The lowest BCUT2D eigenvalue weighted by Crippen LogP contribution is -2.51. The number of carbonyl (C=O) groups is 3. The van der Waals surface area contributed by atoms with E-state index in [1.165, 1.54) is 11.1 Å². The molecule has 0 radical (unpaired) electrons. The lowest BCUT2D eigenvalue weighted by atomic mass is 10.2. The highest BCUT2D eigenvalue weighted by molar-refractivity contribution is 5.97. The zero-order valence-corrected chi connectivity index (χ0v) is 19.2. The number of fused-ring (bicyclic) bond motifs is 1. The van der Waals surface area contributed by atoms with Crippen molar-refractivity contribution in [3.63, 3.8) is 0 Å². The summed E-state index contributed by atoms with van der Waals surface area (Å²) in [6, 6.07) is 15.4. The SMILES string of the molecule is O=C(N[C@@H](CO)C(=O)N1CCCN(C(=O)OCc2ccccc2)CC1)c1cnc2ccccc2n1. The van der Waals surface area contributed by atoms with Gasteiger partial charge in [-0.3, -0.25) is 14.6 Å². The molecule has 1 aliphatic heterocycles.